The number of carboxylic acids is 1. The summed E-state index contributed by atoms with van der Waals surface area (Å²) in [5.41, 5.74) is 10.6. The summed E-state index contributed by atoms with van der Waals surface area (Å²) in [5, 5.41) is 22.2. The molecule has 13 heteroatoms. The van der Waals surface area contributed by atoms with E-state index in [9.17, 15) is 9.59 Å². The van der Waals surface area contributed by atoms with Crippen LogP contribution in [0.1, 0.15) is 146 Å². The number of piperidine rings is 2. The molecule has 13 nitrogen and oxygen atoms in total. The highest BCUT2D eigenvalue weighted by atomic mass is 16.4. The van der Waals surface area contributed by atoms with Gasteiger partial charge in [0.2, 0.25) is 5.91 Å². The van der Waals surface area contributed by atoms with Crippen LogP contribution in [-0.2, 0) is 9.59 Å². The van der Waals surface area contributed by atoms with Crippen molar-refractivity contribution in [1.82, 2.24) is 49.2 Å². The number of aliphatic carboxylic acids is 1. The van der Waals surface area contributed by atoms with Gasteiger partial charge in [0.15, 0.2) is 11.3 Å². The van der Waals surface area contributed by atoms with Crippen molar-refractivity contribution in [2.45, 2.75) is 114 Å². The lowest BCUT2D eigenvalue weighted by atomic mass is 9.96. The minimum absolute atomic E-state index is 0.00196. The fourth-order valence-electron chi connectivity index (χ4n) is 9.20. The van der Waals surface area contributed by atoms with Gasteiger partial charge in [-0.15, -0.1) is 0 Å². The topological polar surface area (TPSA) is 136 Å². The maximum atomic E-state index is 13.8. The van der Waals surface area contributed by atoms with Crippen LogP contribution in [0.5, 0.6) is 0 Å². The second-order valence-electron chi connectivity index (χ2n) is 18.3. The number of likely N-dealkylation sites (N-methyl/N-ethyl adjacent to an activating group) is 2. The average Bonchev–Trinajstić information content (AvgIpc) is 4.22. The first-order chi connectivity index (χ1) is 30.5. The molecule has 6 heterocycles. The summed E-state index contributed by atoms with van der Waals surface area (Å²) < 4.78 is 3.94. The van der Waals surface area contributed by atoms with Gasteiger partial charge in [0.05, 0.1) is 23.5 Å². The zero-order valence-corrected chi connectivity index (χ0v) is 37.8. The number of aromatic nitrogens is 6. The van der Waals surface area contributed by atoms with Crippen molar-refractivity contribution in [2.24, 2.45) is 0 Å². The highest BCUT2D eigenvalue weighted by molar-refractivity contribution is 5.84. The number of likely N-dealkylation sites (tertiary alicyclic amines) is 1. The molecule has 2 N–H and O–H groups in total. The van der Waals surface area contributed by atoms with Crippen molar-refractivity contribution in [3.63, 3.8) is 0 Å². The van der Waals surface area contributed by atoms with Gasteiger partial charge >= 0.3 is 5.97 Å². The highest BCUT2D eigenvalue weighted by Gasteiger charge is 2.36. The Morgan fingerprint density at radius 1 is 0.635 bits per heavy atom. The van der Waals surface area contributed by atoms with E-state index in [-0.39, 0.29) is 18.0 Å². The molecular weight excluding hydrogens is 789 g/mol. The van der Waals surface area contributed by atoms with E-state index in [2.05, 4.69) is 48.3 Å². The predicted molar refractivity (Wildman–Crippen MR) is 246 cm³/mol. The van der Waals surface area contributed by atoms with Crippen LogP contribution < -0.4 is 5.32 Å². The molecule has 0 radical (unpaired) electrons. The van der Waals surface area contributed by atoms with Crippen molar-refractivity contribution < 1.29 is 14.7 Å². The van der Waals surface area contributed by atoms with Crippen LogP contribution in [-0.4, -0.2) is 102 Å². The second-order valence-corrected chi connectivity index (χ2v) is 18.3. The van der Waals surface area contributed by atoms with Gasteiger partial charge < -0.3 is 15.3 Å². The number of carbonyl (C=O) groups is 2. The third-order valence-corrected chi connectivity index (χ3v) is 12.8. The van der Waals surface area contributed by atoms with Crippen LogP contribution in [0.4, 0.5) is 0 Å². The normalized spacial score (nSPS) is 19.9. The number of rotatable bonds is 10. The molecule has 2 aliphatic carbocycles. The number of hydrogen-bond acceptors (Lipinski definition) is 9. The molecule has 4 atom stereocenters. The van der Waals surface area contributed by atoms with Crippen LogP contribution in [0, 0.1) is 13.8 Å². The molecule has 2 saturated heterocycles. The molecule has 4 aliphatic rings. The fraction of sp³-hybridized carbons (Fsp3) is 0.480. The largest absolute Gasteiger partial charge is 0.480 e. The molecule has 2 saturated carbocycles. The monoisotopic (exact) mass is 853 g/mol. The molecule has 4 aromatic heterocycles. The van der Waals surface area contributed by atoms with Crippen LogP contribution in [0.15, 0.2) is 84.9 Å². The summed E-state index contributed by atoms with van der Waals surface area (Å²) in [5.74, 6) is 0.647. The molecule has 2 aliphatic heterocycles. The van der Waals surface area contributed by atoms with Crippen LogP contribution in [0.3, 0.4) is 0 Å². The average molecular weight is 853 g/mol. The van der Waals surface area contributed by atoms with Gasteiger partial charge in [0.1, 0.15) is 12.1 Å². The third kappa shape index (κ3) is 10.3. The number of carboxylic acid groups (broad SMARTS) is 1. The van der Waals surface area contributed by atoms with E-state index in [0.29, 0.717) is 17.9 Å². The second kappa shape index (κ2) is 19.5. The summed E-state index contributed by atoms with van der Waals surface area (Å²) >= 11 is 0. The first kappa shape index (κ1) is 44.1. The maximum Gasteiger partial charge on any atom is 0.325 e. The number of benzene rings is 2. The van der Waals surface area contributed by atoms with E-state index in [1.807, 2.05) is 88.7 Å². The zero-order chi connectivity index (χ0) is 44.2. The number of nitrogens with one attached hydrogen (secondary N) is 1. The van der Waals surface area contributed by atoms with E-state index < -0.39 is 12.0 Å². The predicted octanol–water partition coefficient (Wildman–Crippen LogP) is 8.38. The number of amides is 1. The van der Waals surface area contributed by atoms with Crippen molar-refractivity contribution in [1.29, 1.82) is 0 Å². The van der Waals surface area contributed by atoms with E-state index in [4.69, 9.17) is 25.3 Å². The number of carbonyl (C=O) groups excluding carboxylic acids is 1. The van der Waals surface area contributed by atoms with E-state index >= 15 is 0 Å². The van der Waals surface area contributed by atoms with Crippen molar-refractivity contribution >= 4 is 23.2 Å². The van der Waals surface area contributed by atoms with Gasteiger partial charge in [-0.05, 0) is 130 Å². The number of nitrogens with zero attached hydrogens (tertiary/aromatic N) is 9. The summed E-state index contributed by atoms with van der Waals surface area (Å²) in [4.78, 5) is 40.1. The van der Waals surface area contributed by atoms with Crippen molar-refractivity contribution in [3.8, 4) is 0 Å². The Hall–Kier alpha value is -5.50. The first-order valence-electron chi connectivity index (χ1n) is 22.9. The molecule has 332 valence electrons. The van der Waals surface area contributed by atoms with Gasteiger partial charge in [-0.1, -0.05) is 67.1 Å². The summed E-state index contributed by atoms with van der Waals surface area (Å²) in [6.45, 7) is 6.11. The molecule has 1 unspecified atom stereocenters. The first-order valence-corrected chi connectivity index (χ1v) is 22.9. The van der Waals surface area contributed by atoms with Crippen LogP contribution >= 0.6 is 0 Å². The van der Waals surface area contributed by atoms with E-state index in [0.717, 1.165) is 71.9 Å². The lowest BCUT2D eigenvalue weighted by Crippen LogP contribution is -2.44. The molecule has 0 bridgehead atoms. The Morgan fingerprint density at radius 3 is 1.63 bits per heavy atom. The SMILES string of the molecule is CN(C)[C@@H](C(=O)O)c1ccccc1.Cc1cc(C2CC2)nc2cc([C@@H]3CCCCN3)nn12.Cc1cc(C2CC2)nc2cc([C@@H]3CCCCN3C(=O)C(c3ccccc3)N(C)C)nn12. The molecule has 1 amide bonds. The molecule has 6 aromatic rings. The molecular formula is C50H64N10O3. The standard InChI is InChI=1S/C25H31N5O.C15H20N4.C10H13NO2/c1-17-15-20(18-12-13-18)26-23-16-21(27-30(17)23)22-11-7-8-14-29(22)25(31)24(28(2)3)19-9-5-4-6-10-19;1-10-8-13(11-5-6-11)17-15-9-14(18-19(10)15)12-4-2-3-7-16-12;1-11(2)9(10(12)13)8-6-4-3-5-7-8/h4-6,9-10,15-16,18,22,24H,7-8,11-14H2,1-3H3;8-9,11-12,16H,2-7H2,1H3;3-7,9H,1-2H3,(H,12,13)/t22-,24?;12-;9-/m001/s1. The summed E-state index contributed by atoms with van der Waals surface area (Å²) in [6.07, 6.45) is 11.9. The van der Waals surface area contributed by atoms with Crippen molar-refractivity contribution in [2.75, 3.05) is 41.3 Å². The molecule has 4 fully saturated rings. The molecule has 10 rings (SSSR count). The third-order valence-electron chi connectivity index (χ3n) is 12.8. The van der Waals surface area contributed by atoms with Gasteiger partial charge in [-0.2, -0.15) is 10.2 Å². The Labute approximate surface area is 371 Å². The highest BCUT2D eigenvalue weighted by Crippen LogP contribution is 2.41. The Morgan fingerprint density at radius 2 is 1.14 bits per heavy atom. The van der Waals surface area contributed by atoms with Gasteiger partial charge in [0.25, 0.3) is 0 Å². The van der Waals surface area contributed by atoms with Crippen molar-refractivity contribution in [3.05, 3.63) is 130 Å². The van der Waals surface area contributed by atoms with Crippen LogP contribution in [0.2, 0.25) is 0 Å². The number of aryl methyl sites for hydroxylation is 2. The Kier molecular flexibility index (Phi) is 13.6. The fourth-order valence-corrected chi connectivity index (χ4v) is 9.20. The van der Waals surface area contributed by atoms with Gasteiger partial charge in [0, 0.05) is 53.3 Å². The molecule has 2 aromatic carbocycles. The smallest absolute Gasteiger partial charge is 0.325 e. The number of hydrogen-bond donors (Lipinski definition) is 2. The van der Waals surface area contributed by atoms with E-state index in [1.54, 1.807) is 19.0 Å². The van der Waals surface area contributed by atoms with Gasteiger partial charge in [-0.3, -0.25) is 19.4 Å². The minimum atomic E-state index is -0.823. The minimum Gasteiger partial charge on any atom is -0.480 e. The number of fused-ring (bicyclic) bond motifs is 2. The Balaban J connectivity index is 0.000000144. The lowest BCUT2D eigenvalue weighted by Gasteiger charge is -2.38. The molecule has 63 heavy (non-hydrogen) atoms. The maximum absolute atomic E-state index is 13.8. The quantitative estimate of drug-likeness (QED) is 0.138. The Bertz CT molecular complexity index is 2490. The zero-order valence-electron chi connectivity index (χ0n) is 37.8. The summed E-state index contributed by atoms with van der Waals surface area (Å²) in [7, 11) is 7.47. The van der Waals surface area contributed by atoms with Crippen LogP contribution in [0.25, 0.3) is 11.3 Å². The summed E-state index contributed by atoms with van der Waals surface area (Å²) in [6, 6.07) is 27.5. The lowest BCUT2D eigenvalue weighted by molar-refractivity contribution is -0.142. The molecule has 0 spiro atoms. The van der Waals surface area contributed by atoms with E-state index in [1.165, 1.54) is 62.0 Å². The van der Waals surface area contributed by atoms with Gasteiger partial charge in [-0.25, -0.2) is 19.0 Å².